The van der Waals surface area contributed by atoms with Gasteiger partial charge >= 0.3 is 0 Å². The quantitative estimate of drug-likeness (QED) is 0.727. The van der Waals surface area contributed by atoms with Crippen LogP contribution in [0.1, 0.15) is 47.4 Å². The molecule has 2 aliphatic rings. The number of carbonyl (C=O) groups excluding carboxylic acids is 1. The summed E-state index contributed by atoms with van der Waals surface area (Å²) in [5.41, 5.74) is 2.16. The van der Waals surface area contributed by atoms with Gasteiger partial charge in [0.15, 0.2) is 5.76 Å². The third-order valence-corrected chi connectivity index (χ3v) is 6.60. The first kappa shape index (κ1) is 21.7. The summed E-state index contributed by atoms with van der Waals surface area (Å²) in [5, 5.41) is 2.93. The van der Waals surface area contributed by atoms with Crippen LogP contribution in [0.2, 0.25) is 0 Å². The van der Waals surface area contributed by atoms with Gasteiger partial charge in [0, 0.05) is 37.3 Å². The number of methoxy groups -OCH3 is 2. The number of hydrogen-bond acceptors (Lipinski definition) is 6. The van der Waals surface area contributed by atoms with E-state index < -0.39 is 0 Å². The van der Waals surface area contributed by atoms with Crippen molar-refractivity contribution in [2.45, 2.75) is 50.9 Å². The molecule has 1 spiro atoms. The van der Waals surface area contributed by atoms with E-state index in [2.05, 4.69) is 16.3 Å². The molecule has 1 unspecified atom stereocenters. The zero-order valence-corrected chi connectivity index (χ0v) is 18.6. The Morgan fingerprint density at radius 2 is 2.00 bits per heavy atom. The molecule has 4 rings (SSSR count). The maximum atomic E-state index is 12.1. The lowest BCUT2D eigenvalue weighted by Crippen LogP contribution is -2.44. The number of rotatable bonds is 7. The minimum Gasteiger partial charge on any atom is -0.496 e. The highest BCUT2D eigenvalue weighted by atomic mass is 16.5. The predicted molar refractivity (Wildman–Crippen MR) is 117 cm³/mol. The Balaban J connectivity index is 1.28. The number of nitrogens with one attached hydrogen (secondary N) is 1. The Kier molecular flexibility index (Phi) is 6.53. The van der Waals surface area contributed by atoms with Gasteiger partial charge in [0.1, 0.15) is 11.5 Å². The lowest BCUT2D eigenvalue weighted by molar-refractivity contribution is -0.0765. The maximum absolute atomic E-state index is 12.1. The van der Waals surface area contributed by atoms with Gasteiger partial charge in [-0.05, 0) is 50.8 Å². The molecule has 2 saturated heterocycles. The van der Waals surface area contributed by atoms with Crippen LogP contribution in [0.5, 0.6) is 11.5 Å². The molecular formula is C24H32N2O5. The van der Waals surface area contributed by atoms with Crippen LogP contribution in [0, 0.1) is 6.92 Å². The smallest absolute Gasteiger partial charge is 0.287 e. The van der Waals surface area contributed by atoms with Crippen molar-refractivity contribution >= 4 is 5.91 Å². The lowest BCUT2D eigenvalue weighted by atomic mass is 9.88. The van der Waals surface area contributed by atoms with Gasteiger partial charge in [-0.1, -0.05) is 6.07 Å². The first-order chi connectivity index (χ1) is 15.0. The van der Waals surface area contributed by atoms with E-state index in [1.165, 1.54) is 11.8 Å². The van der Waals surface area contributed by atoms with Crippen LogP contribution in [0.15, 0.2) is 34.9 Å². The van der Waals surface area contributed by atoms with Crippen molar-refractivity contribution in [2.75, 3.05) is 33.9 Å². The Labute approximate surface area is 183 Å². The third-order valence-electron chi connectivity index (χ3n) is 6.60. The molecule has 1 amide bonds. The van der Waals surface area contributed by atoms with Gasteiger partial charge in [0.25, 0.3) is 5.91 Å². The molecule has 0 saturated carbocycles. The van der Waals surface area contributed by atoms with Gasteiger partial charge in [-0.2, -0.15) is 0 Å². The maximum Gasteiger partial charge on any atom is 0.287 e. The molecular weight excluding hydrogens is 396 g/mol. The fraction of sp³-hybridized carbons (Fsp3) is 0.542. The zero-order chi connectivity index (χ0) is 21.8. The summed E-state index contributed by atoms with van der Waals surface area (Å²) in [7, 11) is 3.40. The summed E-state index contributed by atoms with van der Waals surface area (Å²) in [6, 6.07) is 7.49. The first-order valence-corrected chi connectivity index (χ1v) is 11.0. The second-order valence-electron chi connectivity index (χ2n) is 8.51. The van der Waals surface area contributed by atoms with Gasteiger partial charge in [0.05, 0.1) is 32.2 Å². The second kappa shape index (κ2) is 9.32. The molecule has 0 bridgehead atoms. The van der Waals surface area contributed by atoms with E-state index in [4.69, 9.17) is 18.6 Å². The van der Waals surface area contributed by atoms with E-state index in [9.17, 15) is 4.79 Å². The zero-order valence-electron chi connectivity index (χ0n) is 18.6. The number of likely N-dealkylation sites (tertiary alicyclic amines) is 1. The highest BCUT2D eigenvalue weighted by Crippen LogP contribution is 2.40. The highest BCUT2D eigenvalue weighted by Gasteiger charge is 2.42. The minimum absolute atomic E-state index is 0.0590. The van der Waals surface area contributed by atoms with E-state index in [1.807, 2.05) is 13.0 Å². The summed E-state index contributed by atoms with van der Waals surface area (Å²) in [6.45, 7) is 5.38. The van der Waals surface area contributed by atoms with Crippen molar-refractivity contribution in [2.24, 2.45) is 0 Å². The number of piperidine rings is 1. The number of ether oxygens (including phenoxy) is 3. The van der Waals surface area contributed by atoms with Gasteiger partial charge in [-0.3, -0.25) is 9.69 Å². The van der Waals surface area contributed by atoms with E-state index in [0.717, 1.165) is 62.4 Å². The fourth-order valence-electron chi connectivity index (χ4n) is 4.83. The molecule has 7 nitrogen and oxygen atoms in total. The molecule has 2 aliphatic heterocycles. The summed E-state index contributed by atoms with van der Waals surface area (Å²) < 4.78 is 22.7. The molecule has 2 fully saturated rings. The molecule has 3 heterocycles. The van der Waals surface area contributed by atoms with Gasteiger partial charge in [-0.15, -0.1) is 0 Å². The molecule has 31 heavy (non-hydrogen) atoms. The molecule has 1 N–H and O–H groups in total. The summed E-state index contributed by atoms with van der Waals surface area (Å²) in [6.07, 6.45) is 5.61. The predicted octanol–water partition coefficient (Wildman–Crippen LogP) is 3.55. The summed E-state index contributed by atoms with van der Waals surface area (Å²) >= 11 is 0. The third kappa shape index (κ3) is 4.72. The topological polar surface area (TPSA) is 73.2 Å². The first-order valence-electron chi connectivity index (χ1n) is 11.0. The molecule has 168 valence electrons. The molecule has 7 heteroatoms. The number of furan rings is 1. The Morgan fingerprint density at radius 1 is 1.19 bits per heavy atom. The molecule has 1 atom stereocenters. The number of carbonyl (C=O) groups is 1. The van der Waals surface area contributed by atoms with Crippen LogP contribution in [0.25, 0.3) is 0 Å². The van der Waals surface area contributed by atoms with Gasteiger partial charge in [-0.25, -0.2) is 0 Å². The van der Waals surface area contributed by atoms with Crippen molar-refractivity contribution in [3.63, 3.8) is 0 Å². The Hall–Kier alpha value is -2.51. The van der Waals surface area contributed by atoms with E-state index in [0.29, 0.717) is 12.3 Å². The number of amides is 1. The van der Waals surface area contributed by atoms with Crippen molar-refractivity contribution in [1.29, 1.82) is 0 Å². The van der Waals surface area contributed by atoms with Crippen molar-refractivity contribution in [1.82, 2.24) is 10.2 Å². The standard InChI is InChI=1S/C24H32N2O5/c1-17-20(28-2)7-6-18(22(17)29-3)16-26-12-10-24(11-13-26)9-8-19(31-24)15-25-23(27)21-5-4-14-30-21/h4-7,14,19H,8-13,15-16H2,1-3H3,(H,25,27). The average Bonchev–Trinajstić information content (AvgIpc) is 3.45. The summed E-state index contributed by atoms with van der Waals surface area (Å²) in [5.74, 6) is 1.91. The van der Waals surface area contributed by atoms with Crippen LogP contribution < -0.4 is 14.8 Å². The van der Waals surface area contributed by atoms with Crippen molar-refractivity contribution in [3.8, 4) is 11.5 Å². The molecule has 2 aromatic rings. The minimum atomic E-state index is -0.187. The van der Waals surface area contributed by atoms with E-state index in [-0.39, 0.29) is 17.6 Å². The van der Waals surface area contributed by atoms with Crippen molar-refractivity contribution in [3.05, 3.63) is 47.4 Å². The molecule has 1 aromatic heterocycles. The molecule has 0 radical (unpaired) electrons. The lowest BCUT2D eigenvalue weighted by Gasteiger charge is -2.39. The second-order valence-corrected chi connectivity index (χ2v) is 8.51. The fourth-order valence-corrected chi connectivity index (χ4v) is 4.83. The van der Waals surface area contributed by atoms with Crippen LogP contribution >= 0.6 is 0 Å². The van der Waals surface area contributed by atoms with Gasteiger partial charge in [0.2, 0.25) is 0 Å². The Morgan fingerprint density at radius 3 is 2.68 bits per heavy atom. The average molecular weight is 429 g/mol. The Bertz CT molecular complexity index is 888. The number of benzene rings is 1. The number of hydrogen-bond donors (Lipinski definition) is 1. The SMILES string of the molecule is COc1ccc(CN2CCC3(CCC(CNC(=O)c4ccco4)O3)CC2)c(OC)c1C. The van der Waals surface area contributed by atoms with Crippen LogP contribution in [0.4, 0.5) is 0 Å². The molecule has 1 aromatic carbocycles. The largest absolute Gasteiger partial charge is 0.496 e. The number of nitrogens with zero attached hydrogens (tertiary/aromatic N) is 1. The van der Waals surface area contributed by atoms with Crippen LogP contribution in [-0.4, -0.2) is 56.4 Å². The monoisotopic (exact) mass is 428 g/mol. The van der Waals surface area contributed by atoms with E-state index in [1.54, 1.807) is 26.4 Å². The van der Waals surface area contributed by atoms with Crippen molar-refractivity contribution < 1.29 is 23.4 Å². The van der Waals surface area contributed by atoms with Crippen LogP contribution in [-0.2, 0) is 11.3 Å². The normalized spacial score (nSPS) is 20.7. The van der Waals surface area contributed by atoms with Gasteiger partial charge < -0.3 is 23.9 Å². The summed E-state index contributed by atoms with van der Waals surface area (Å²) in [4.78, 5) is 14.5. The highest BCUT2D eigenvalue weighted by molar-refractivity contribution is 5.91. The molecule has 0 aliphatic carbocycles. The van der Waals surface area contributed by atoms with Crippen LogP contribution in [0.3, 0.4) is 0 Å². The van der Waals surface area contributed by atoms with E-state index >= 15 is 0 Å².